The summed E-state index contributed by atoms with van der Waals surface area (Å²) < 4.78 is 11.9. The highest BCUT2D eigenvalue weighted by Crippen LogP contribution is 2.44. The summed E-state index contributed by atoms with van der Waals surface area (Å²) in [4.78, 5) is 14.1. The van der Waals surface area contributed by atoms with E-state index in [4.69, 9.17) is 9.47 Å². The molecule has 3 fully saturated rings. The molecule has 1 amide bonds. The van der Waals surface area contributed by atoms with Crippen molar-refractivity contribution in [2.45, 2.75) is 63.8 Å². The predicted octanol–water partition coefficient (Wildman–Crippen LogP) is 1.52. The zero-order valence-corrected chi connectivity index (χ0v) is 13.3. The third-order valence-electron chi connectivity index (χ3n) is 5.29. The van der Waals surface area contributed by atoms with Crippen LogP contribution in [0.25, 0.3) is 0 Å². The Morgan fingerprint density at radius 1 is 1.33 bits per heavy atom. The average molecular weight is 296 g/mol. The van der Waals surface area contributed by atoms with Crippen LogP contribution < -0.4 is 5.32 Å². The number of ether oxygens (including phenoxy) is 2. The molecule has 3 aliphatic rings. The number of carbonyl (C=O) groups excluding carboxylic acids is 1. The van der Waals surface area contributed by atoms with Crippen molar-refractivity contribution in [3.05, 3.63) is 0 Å². The van der Waals surface area contributed by atoms with Crippen molar-refractivity contribution in [2.24, 2.45) is 5.92 Å². The predicted molar refractivity (Wildman–Crippen MR) is 79.8 cm³/mol. The minimum absolute atomic E-state index is 0.0792. The van der Waals surface area contributed by atoms with Crippen LogP contribution in [0, 0.1) is 5.92 Å². The van der Waals surface area contributed by atoms with Crippen molar-refractivity contribution in [3.8, 4) is 0 Å². The van der Waals surface area contributed by atoms with Gasteiger partial charge in [0, 0.05) is 38.4 Å². The summed E-state index contributed by atoms with van der Waals surface area (Å²) in [5.41, 5.74) is 0. The van der Waals surface area contributed by atoms with Gasteiger partial charge in [-0.1, -0.05) is 6.92 Å². The standard InChI is InChI=1S/C16H28N2O3/c1-3-7-18-8-5-14(17-12(2)19)13-11-16(6-4-15(13)18)20-9-10-21-16/h13-15H,3-11H2,1-2H3,(H,17,19)/t13-,14-,15-/m0/s1. The van der Waals surface area contributed by atoms with Crippen LogP contribution in [-0.4, -0.2) is 55.0 Å². The highest BCUT2D eigenvalue weighted by molar-refractivity contribution is 5.73. The van der Waals surface area contributed by atoms with E-state index in [2.05, 4.69) is 17.1 Å². The molecule has 3 atom stereocenters. The van der Waals surface area contributed by atoms with E-state index in [0.717, 1.165) is 38.8 Å². The molecule has 0 radical (unpaired) electrons. The molecule has 0 bridgehead atoms. The number of fused-ring (bicyclic) bond motifs is 1. The summed E-state index contributed by atoms with van der Waals surface area (Å²) in [5.74, 6) is 0.157. The lowest BCUT2D eigenvalue weighted by molar-refractivity contribution is -0.204. The van der Waals surface area contributed by atoms with Gasteiger partial charge in [0.15, 0.2) is 5.79 Å². The van der Waals surface area contributed by atoms with Gasteiger partial charge in [0.2, 0.25) is 5.91 Å². The first-order chi connectivity index (χ1) is 10.1. The van der Waals surface area contributed by atoms with Crippen LogP contribution >= 0.6 is 0 Å². The van der Waals surface area contributed by atoms with Crippen molar-refractivity contribution in [1.29, 1.82) is 0 Å². The van der Waals surface area contributed by atoms with Gasteiger partial charge in [-0.2, -0.15) is 0 Å². The molecule has 2 aliphatic heterocycles. The molecular formula is C16H28N2O3. The molecule has 0 aromatic heterocycles. The normalized spacial score (nSPS) is 35.6. The number of carbonyl (C=O) groups is 1. The molecule has 1 aliphatic carbocycles. The fourth-order valence-corrected chi connectivity index (χ4v) is 4.49. The Hall–Kier alpha value is -0.650. The van der Waals surface area contributed by atoms with Gasteiger partial charge in [0.05, 0.1) is 13.2 Å². The van der Waals surface area contributed by atoms with Crippen molar-refractivity contribution >= 4 is 5.91 Å². The Labute approximate surface area is 127 Å². The maximum atomic E-state index is 11.5. The quantitative estimate of drug-likeness (QED) is 0.858. The van der Waals surface area contributed by atoms with Crippen LogP contribution in [0.15, 0.2) is 0 Å². The molecule has 0 aromatic carbocycles. The Morgan fingerprint density at radius 3 is 2.76 bits per heavy atom. The summed E-state index contributed by atoms with van der Waals surface area (Å²) in [6, 6.07) is 0.833. The molecule has 0 aromatic rings. The summed E-state index contributed by atoms with van der Waals surface area (Å²) >= 11 is 0. The van der Waals surface area contributed by atoms with Crippen LogP contribution in [0.4, 0.5) is 0 Å². The number of amides is 1. The third kappa shape index (κ3) is 3.10. The van der Waals surface area contributed by atoms with Crippen LogP contribution in [-0.2, 0) is 14.3 Å². The van der Waals surface area contributed by atoms with E-state index in [1.807, 2.05) is 0 Å². The van der Waals surface area contributed by atoms with Gasteiger partial charge >= 0.3 is 0 Å². The molecule has 0 unspecified atom stereocenters. The average Bonchev–Trinajstić information content (AvgIpc) is 2.89. The first-order valence-electron chi connectivity index (χ1n) is 8.42. The van der Waals surface area contributed by atoms with E-state index in [0.29, 0.717) is 25.2 Å². The first-order valence-corrected chi connectivity index (χ1v) is 8.42. The SMILES string of the molecule is CCCN1CC[C@H](NC(C)=O)[C@@H]2CC3(CC[C@@H]21)OCCO3. The third-order valence-corrected chi connectivity index (χ3v) is 5.29. The van der Waals surface area contributed by atoms with E-state index >= 15 is 0 Å². The Kier molecular flexibility index (Phi) is 4.52. The van der Waals surface area contributed by atoms with Gasteiger partial charge in [-0.15, -0.1) is 0 Å². The van der Waals surface area contributed by atoms with E-state index in [9.17, 15) is 4.79 Å². The summed E-state index contributed by atoms with van der Waals surface area (Å²) in [6.45, 7) is 7.52. The van der Waals surface area contributed by atoms with Gasteiger partial charge in [0.25, 0.3) is 0 Å². The first kappa shape index (κ1) is 15.3. The van der Waals surface area contributed by atoms with Gasteiger partial charge < -0.3 is 14.8 Å². The largest absolute Gasteiger partial charge is 0.353 e. The lowest BCUT2D eigenvalue weighted by atomic mass is 9.72. The fourth-order valence-electron chi connectivity index (χ4n) is 4.49. The minimum Gasteiger partial charge on any atom is -0.353 e. The molecule has 2 heterocycles. The fraction of sp³-hybridized carbons (Fsp3) is 0.938. The zero-order valence-electron chi connectivity index (χ0n) is 13.3. The molecule has 5 nitrogen and oxygen atoms in total. The van der Waals surface area contributed by atoms with Crippen LogP contribution in [0.2, 0.25) is 0 Å². The highest BCUT2D eigenvalue weighted by atomic mass is 16.7. The maximum absolute atomic E-state index is 11.5. The molecule has 1 N–H and O–H groups in total. The van der Waals surface area contributed by atoms with E-state index in [-0.39, 0.29) is 17.7 Å². The van der Waals surface area contributed by atoms with Crippen LogP contribution in [0.1, 0.15) is 46.0 Å². The lowest BCUT2D eigenvalue weighted by Gasteiger charge is -2.51. The van der Waals surface area contributed by atoms with Gasteiger partial charge in [0.1, 0.15) is 0 Å². The number of rotatable bonds is 3. The minimum atomic E-state index is -0.368. The van der Waals surface area contributed by atoms with E-state index in [1.54, 1.807) is 6.92 Å². The summed E-state index contributed by atoms with van der Waals surface area (Å²) in [6.07, 6.45) is 5.24. The summed E-state index contributed by atoms with van der Waals surface area (Å²) in [7, 11) is 0. The van der Waals surface area contributed by atoms with Gasteiger partial charge in [-0.05, 0) is 31.7 Å². The Morgan fingerprint density at radius 2 is 2.10 bits per heavy atom. The lowest BCUT2D eigenvalue weighted by Crippen LogP contribution is -2.60. The molecule has 1 saturated carbocycles. The molecule has 5 heteroatoms. The second kappa shape index (κ2) is 6.23. The second-order valence-corrected chi connectivity index (χ2v) is 6.71. The topological polar surface area (TPSA) is 50.8 Å². The Balaban J connectivity index is 1.75. The molecule has 1 spiro atoms. The van der Waals surface area contributed by atoms with Crippen molar-refractivity contribution < 1.29 is 14.3 Å². The smallest absolute Gasteiger partial charge is 0.217 e. The monoisotopic (exact) mass is 296 g/mol. The number of hydrogen-bond donors (Lipinski definition) is 1. The van der Waals surface area contributed by atoms with Crippen molar-refractivity contribution in [1.82, 2.24) is 10.2 Å². The Bertz CT molecular complexity index is 382. The number of nitrogens with zero attached hydrogens (tertiary/aromatic N) is 1. The van der Waals surface area contributed by atoms with Crippen LogP contribution in [0.5, 0.6) is 0 Å². The number of likely N-dealkylation sites (tertiary alicyclic amines) is 1. The van der Waals surface area contributed by atoms with E-state index < -0.39 is 0 Å². The molecule has 120 valence electrons. The van der Waals surface area contributed by atoms with Crippen molar-refractivity contribution in [2.75, 3.05) is 26.3 Å². The molecule has 21 heavy (non-hydrogen) atoms. The maximum Gasteiger partial charge on any atom is 0.217 e. The second-order valence-electron chi connectivity index (χ2n) is 6.71. The number of hydrogen-bond acceptors (Lipinski definition) is 4. The van der Waals surface area contributed by atoms with Gasteiger partial charge in [-0.3, -0.25) is 9.69 Å². The zero-order chi connectivity index (χ0) is 14.9. The van der Waals surface area contributed by atoms with Crippen LogP contribution in [0.3, 0.4) is 0 Å². The highest BCUT2D eigenvalue weighted by Gasteiger charge is 2.50. The molecule has 2 saturated heterocycles. The van der Waals surface area contributed by atoms with Crippen molar-refractivity contribution in [3.63, 3.8) is 0 Å². The number of nitrogens with one attached hydrogen (secondary N) is 1. The molecular weight excluding hydrogens is 268 g/mol. The summed E-state index contributed by atoms with van der Waals surface area (Å²) in [5, 5.41) is 3.17. The van der Waals surface area contributed by atoms with Gasteiger partial charge in [-0.25, -0.2) is 0 Å². The van der Waals surface area contributed by atoms with E-state index in [1.165, 1.54) is 6.42 Å². The molecule has 3 rings (SSSR count). The number of piperidine rings is 1.